The van der Waals surface area contributed by atoms with Crippen LogP contribution in [0, 0.1) is 5.82 Å². The molecule has 3 aromatic rings. The van der Waals surface area contributed by atoms with Crippen LogP contribution in [-0.4, -0.2) is 30.7 Å². The van der Waals surface area contributed by atoms with Gasteiger partial charge in [-0.2, -0.15) is 0 Å². The van der Waals surface area contributed by atoms with Gasteiger partial charge in [0, 0.05) is 25.4 Å². The fourth-order valence-corrected chi connectivity index (χ4v) is 4.86. The Hall–Kier alpha value is -2.80. The van der Waals surface area contributed by atoms with E-state index in [-0.39, 0.29) is 17.6 Å². The Labute approximate surface area is 176 Å². The molecule has 1 aliphatic rings. The molecule has 0 aliphatic carbocycles. The van der Waals surface area contributed by atoms with Crippen LogP contribution in [0.3, 0.4) is 0 Å². The predicted octanol–water partition coefficient (Wildman–Crippen LogP) is 4.34. The SMILES string of the molecule is CCS(=O)(=O)c1cccc(Cc2cnc(N3CCCC3c3cccc(F)c3)nc2)c1. The lowest BCUT2D eigenvalue weighted by Gasteiger charge is -2.25. The molecule has 1 unspecified atom stereocenters. The zero-order valence-corrected chi connectivity index (χ0v) is 17.6. The zero-order valence-electron chi connectivity index (χ0n) is 16.8. The van der Waals surface area contributed by atoms with Gasteiger partial charge in [0.15, 0.2) is 9.84 Å². The molecule has 2 aromatic carbocycles. The monoisotopic (exact) mass is 425 g/mol. The van der Waals surface area contributed by atoms with Crippen molar-refractivity contribution in [2.75, 3.05) is 17.2 Å². The minimum absolute atomic E-state index is 0.0717. The first-order valence-electron chi connectivity index (χ1n) is 10.1. The molecule has 4 rings (SSSR count). The summed E-state index contributed by atoms with van der Waals surface area (Å²) in [4.78, 5) is 11.6. The molecule has 30 heavy (non-hydrogen) atoms. The van der Waals surface area contributed by atoms with E-state index >= 15 is 0 Å². The normalized spacial score (nSPS) is 16.7. The third-order valence-electron chi connectivity index (χ3n) is 5.48. The lowest BCUT2D eigenvalue weighted by molar-refractivity contribution is 0.597. The molecule has 5 nitrogen and oxygen atoms in total. The number of nitrogens with zero attached hydrogens (tertiary/aromatic N) is 3. The summed E-state index contributed by atoms with van der Waals surface area (Å²) in [7, 11) is -3.23. The molecule has 1 fully saturated rings. The van der Waals surface area contributed by atoms with Crippen molar-refractivity contribution in [3.8, 4) is 0 Å². The number of halogens is 1. The first kappa shape index (κ1) is 20.5. The summed E-state index contributed by atoms with van der Waals surface area (Å²) in [6.45, 7) is 2.47. The number of sulfone groups is 1. The van der Waals surface area contributed by atoms with E-state index in [0.717, 1.165) is 36.1 Å². The Bertz CT molecular complexity index is 1130. The summed E-state index contributed by atoms with van der Waals surface area (Å²) >= 11 is 0. The number of rotatable bonds is 6. The molecule has 0 N–H and O–H groups in total. The number of benzene rings is 2. The maximum Gasteiger partial charge on any atom is 0.225 e. The van der Waals surface area contributed by atoms with E-state index in [9.17, 15) is 12.8 Å². The summed E-state index contributed by atoms with van der Waals surface area (Å²) in [5, 5.41) is 0. The first-order valence-corrected chi connectivity index (χ1v) is 11.8. The standard InChI is InChI=1S/C23H24FN3O2S/c1-2-30(28,29)21-9-3-6-17(13-21)12-18-15-25-23(26-16-18)27-11-5-10-22(27)19-7-4-8-20(24)14-19/h3-4,6-9,13-16,22H,2,5,10-12H2,1H3. The highest BCUT2D eigenvalue weighted by molar-refractivity contribution is 7.91. The second-order valence-electron chi connectivity index (χ2n) is 7.53. The maximum atomic E-state index is 13.6. The molecule has 0 bridgehead atoms. The Balaban J connectivity index is 1.51. The molecule has 0 radical (unpaired) electrons. The topological polar surface area (TPSA) is 63.2 Å². The van der Waals surface area contributed by atoms with E-state index in [1.54, 1.807) is 49.6 Å². The van der Waals surface area contributed by atoms with E-state index < -0.39 is 9.84 Å². The fraction of sp³-hybridized carbons (Fsp3) is 0.304. The number of hydrogen-bond acceptors (Lipinski definition) is 5. The van der Waals surface area contributed by atoms with E-state index in [2.05, 4.69) is 14.9 Å². The molecule has 156 valence electrons. The van der Waals surface area contributed by atoms with Gasteiger partial charge in [-0.1, -0.05) is 31.2 Å². The van der Waals surface area contributed by atoms with Crippen LogP contribution in [0.1, 0.15) is 42.5 Å². The molecule has 1 aromatic heterocycles. The molecule has 0 saturated carbocycles. The van der Waals surface area contributed by atoms with Gasteiger partial charge in [-0.15, -0.1) is 0 Å². The molecular formula is C23H24FN3O2S. The molecule has 1 atom stereocenters. The quantitative estimate of drug-likeness (QED) is 0.588. The lowest BCUT2D eigenvalue weighted by Crippen LogP contribution is -2.24. The van der Waals surface area contributed by atoms with Gasteiger partial charge in [0.1, 0.15) is 5.82 Å². The van der Waals surface area contributed by atoms with Gasteiger partial charge in [-0.25, -0.2) is 22.8 Å². The fourth-order valence-electron chi connectivity index (χ4n) is 3.91. The van der Waals surface area contributed by atoms with Gasteiger partial charge in [0.05, 0.1) is 16.7 Å². The highest BCUT2D eigenvalue weighted by Crippen LogP contribution is 2.34. The van der Waals surface area contributed by atoms with Gasteiger partial charge in [0.2, 0.25) is 5.95 Å². The average molecular weight is 426 g/mol. The summed E-state index contributed by atoms with van der Waals surface area (Å²) in [6.07, 6.45) is 6.06. The van der Waals surface area contributed by atoms with Gasteiger partial charge in [-0.05, 0) is 53.8 Å². The van der Waals surface area contributed by atoms with E-state index in [1.807, 2.05) is 12.1 Å². The van der Waals surface area contributed by atoms with Gasteiger partial charge in [-0.3, -0.25) is 0 Å². The van der Waals surface area contributed by atoms with Crippen molar-refractivity contribution in [3.05, 3.63) is 83.4 Å². The summed E-state index contributed by atoms with van der Waals surface area (Å²) in [5.74, 6) is 0.479. The molecule has 1 saturated heterocycles. The highest BCUT2D eigenvalue weighted by Gasteiger charge is 2.28. The van der Waals surface area contributed by atoms with E-state index in [4.69, 9.17) is 0 Å². The molecule has 7 heteroatoms. The number of aromatic nitrogens is 2. The second kappa shape index (κ2) is 8.52. The van der Waals surface area contributed by atoms with Gasteiger partial charge >= 0.3 is 0 Å². The van der Waals surface area contributed by atoms with E-state index in [1.165, 1.54) is 6.07 Å². The molecular weight excluding hydrogens is 401 g/mol. The molecule has 1 aliphatic heterocycles. The summed E-state index contributed by atoms with van der Waals surface area (Å²) in [6, 6.07) is 13.8. The van der Waals surface area contributed by atoms with Crippen LogP contribution in [0.25, 0.3) is 0 Å². The molecule has 2 heterocycles. The van der Waals surface area contributed by atoms with Crippen molar-refractivity contribution in [1.29, 1.82) is 0 Å². The van der Waals surface area contributed by atoms with Gasteiger partial charge in [0.25, 0.3) is 0 Å². The smallest absolute Gasteiger partial charge is 0.225 e. The Kier molecular flexibility index (Phi) is 5.81. The molecule has 0 amide bonds. The van der Waals surface area contributed by atoms with Crippen LogP contribution in [0.15, 0.2) is 65.8 Å². The minimum atomic E-state index is -3.23. The largest absolute Gasteiger partial charge is 0.334 e. The van der Waals surface area contributed by atoms with Crippen molar-refractivity contribution in [3.63, 3.8) is 0 Å². The van der Waals surface area contributed by atoms with Crippen molar-refractivity contribution in [1.82, 2.24) is 9.97 Å². The lowest BCUT2D eigenvalue weighted by atomic mass is 10.0. The van der Waals surface area contributed by atoms with Crippen molar-refractivity contribution < 1.29 is 12.8 Å². The van der Waals surface area contributed by atoms with Crippen LogP contribution in [0.5, 0.6) is 0 Å². The van der Waals surface area contributed by atoms with Crippen molar-refractivity contribution in [2.45, 2.75) is 37.1 Å². The third kappa shape index (κ3) is 4.36. The van der Waals surface area contributed by atoms with Crippen LogP contribution in [0.4, 0.5) is 10.3 Å². The summed E-state index contributed by atoms with van der Waals surface area (Å²) in [5.41, 5.74) is 2.75. The second-order valence-corrected chi connectivity index (χ2v) is 9.80. The number of anilines is 1. The van der Waals surface area contributed by atoms with Crippen LogP contribution < -0.4 is 4.90 Å². The summed E-state index contributed by atoms with van der Waals surface area (Å²) < 4.78 is 37.9. The predicted molar refractivity (Wildman–Crippen MR) is 115 cm³/mol. The average Bonchev–Trinajstić information content (AvgIpc) is 3.24. The van der Waals surface area contributed by atoms with Crippen LogP contribution >= 0.6 is 0 Å². The van der Waals surface area contributed by atoms with Gasteiger partial charge < -0.3 is 4.90 Å². The first-order chi connectivity index (χ1) is 14.5. The number of hydrogen-bond donors (Lipinski definition) is 0. The Morgan fingerprint density at radius 1 is 1.07 bits per heavy atom. The maximum absolute atomic E-state index is 13.6. The zero-order chi connectivity index (χ0) is 21.1. The van der Waals surface area contributed by atoms with Crippen molar-refractivity contribution >= 4 is 15.8 Å². The Morgan fingerprint density at radius 2 is 1.83 bits per heavy atom. The highest BCUT2D eigenvalue weighted by atomic mass is 32.2. The van der Waals surface area contributed by atoms with Crippen LogP contribution in [0.2, 0.25) is 0 Å². The Morgan fingerprint density at radius 3 is 2.57 bits per heavy atom. The third-order valence-corrected chi connectivity index (χ3v) is 7.21. The molecule has 0 spiro atoms. The minimum Gasteiger partial charge on any atom is -0.334 e. The van der Waals surface area contributed by atoms with Crippen LogP contribution in [-0.2, 0) is 16.3 Å². The van der Waals surface area contributed by atoms with E-state index in [0.29, 0.717) is 17.3 Å². The van der Waals surface area contributed by atoms with Crippen molar-refractivity contribution in [2.24, 2.45) is 0 Å².